The van der Waals surface area contributed by atoms with Crippen LogP contribution in [0.3, 0.4) is 0 Å². The highest BCUT2D eigenvalue weighted by Crippen LogP contribution is 2.21. The fraction of sp³-hybridized carbons (Fsp3) is 0.438. The van der Waals surface area contributed by atoms with E-state index in [9.17, 15) is 8.78 Å². The van der Waals surface area contributed by atoms with Crippen molar-refractivity contribution in [3.8, 4) is 0 Å². The zero-order chi connectivity index (χ0) is 15.2. The van der Waals surface area contributed by atoms with Gasteiger partial charge in [0.1, 0.15) is 0 Å². The molecule has 1 N–H and O–H groups in total. The molecule has 0 aliphatic heterocycles. The highest BCUT2D eigenvalue weighted by atomic mass is 19.2. The number of nitrogens with one attached hydrogen (secondary N) is 1. The molecule has 0 saturated carbocycles. The van der Waals surface area contributed by atoms with Crippen LogP contribution in [0.15, 0.2) is 30.6 Å². The summed E-state index contributed by atoms with van der Waals surface area (Å²) in [6.07, 6.45) is 5.11. The summed E-state index contributed by atoms with van der Waals surface area (Å²) in [5, 5.41) is 7.63. The minimum Gasteiger partial charge on any atom is -0.310 e. The first kappa shape index (κ1) is 15.6. The molecule has 21 heavy (non-hydrogen) atoms. The van der Waals surface area contributed by atoms with E-state index in [1.165, 1.54) is 0 Å². The first-order valence-corrected chi connectivity index (χ1v) is 7.34. The van der Waals surface area contributed by atoms with E-state index in [1.54, 1.807) is 18.3 Å². The molecule has 0 aliphatic carbocycles. The number of nitrogens with zero attached hydrogens (tertiary/aromatic N) is 2. The minimum atomic E-state index is -0.800. The zero-order valence-corrected chi connectivity index (χ0v) is 12.4. The van der Waals surface area contributed by atoms with Crippen LogP contribution in [0.2, 0.25) is 0 Å². The van der Waals surface area contributed by atoms with Gasteiger partial charge < -0.3 is 5.32 Å². The Labute approximate surface area is 124 Å². The Morgan fingerprint density at radius 1 is 1.29 bits per heavy atom. The van der Waals surface area contributed by atoms with Crippen LogP contribution in [0, 0.1) is 11.6 Å². The molecule has 0 spiro atoms. The maximum atomic E-state index is 13.8. The van der Waals surface area contributed by atoms with Gasteiger partial charge in [-0.15, -0.1) is 0 Å². The number of rotatable bonds is 7. The van der Waals surface area contributed by atoms with E-state index < -0.39 is 11.6 Å². The summed E-state index contributed by atoms with van der Waals surface area (Å²) in [4.78, 5) is 0. The van der Waals surface area contributed by atoms with Crippen LogP contribution in [-0.4, -0.2) is 16.3 Å². The maximum absolute atomic E-state index is 13.8. The summed E-state index contributed by atoms with van der Waals surface area (Å²) >= 11 is 0. The average molecular weight is 293 g/mol. The molecule has 0 saturated heterocycles. The largest absolute Gasteiger partial charge is 0.310 e. The molecule has 2 aromatic rings. The van der Waals surface area contributed by atoms with Gasteiger partial charge in [0.2, 0.25) is 0 Å². The molecule has 114 valence electrons. The van der Waals surface area contributed by atoms with Gasteiger partial charge in [0.15, 0.2) is 11.6 Å². The van der Waals surface area contributed by atoms with Gasteiger partial charge in [-0.25, -0.2) is 8.78 Å². The van der Waals surface area contributed by atoms with Gasteiger partial charge in [0, 0.05) is 24.3 Å². The van der Waals surface area contributed by atoms with Crippen LogP contribution in [0.25, 0.3) is 0 Å². The van der Waals surface area contributed by atoms with Crippen LogP contribution in [-0.2, 0) is 13.0 Å². The van der Waals surface area contributed by atoms with Gasteiger partial charge in [-0.05, 0) is 37.9 Å². The Morgan fingerprint density at radius 2 is 2.10 bits per heavy atom. The summed E-state index contributed by atoms with van der Waals surface area (Å²) in [7, 11) is 0. The van der Waals surface area contributed by atoms with Crippen LogP contribution in [0.4, 0.5) is 8.78 Å². The molecule has 3 nitrogen and oxygen atoms in total. The monoisotopic (exact) mass is 293 g/mol. The first-order chi connectivity index (χ1) is 10.2. The minimum absolute atomic E-state index is 0.0680. The highest BCUT2D eigenvalue weighted by molar-refractivity contribution is 5.23. The fourth-order valence-corrected chi connectivity index (χ4v) is 2.28. The van der Waals surface area contributed by atoms with Crippen molar-refractivity contribution in [3.63, 3.8) is 0 Å². The van der Waals surface area contributed by atoms with Gasteiger partial charge in [0.05, 0.1) is 6.20 Å². The molecule has 5 heteroatoms. The van der Waals surface area contributed by atoms with Crippen molar-refractivity contribution in [1.29, 1.82) is 0 Å². The molecule has 1 aromatic carbocycles. The van der Waals surface area contributed by atoms with Crippen molar-refractivity contribution < 1.29 is 8.78 Å². The predicted molar refractivity (Wildman–Crippen MR) is 79.0 cm³/mol. The first-order valence-electron chi connectivity index (χ1n) is 7.34. The van der Waals surface area contributed by atoms with Gasteiger partial charge >= 0.3 is 0 Å². The van der Waals surface area contributed by atoms with Crippen molar-refractivity contribution in [2.24, 2.45) is 0 Å². The van der Waals surface area contributed by atoms with Crippen molar-refractivity contribution in [2.45, 2.75) is 39.3 Å². The standard InChI is InChI=1S/C16H21F2N3/c1-3-8-19-15(13-10-20-21(4-2)11-13)9-12-6-5-7-14(17)16(12)18/h5-7,10-11,15,19H,3-4,8-9H2,1-2H3. The molecule has 1 unspecified atom stereocenters. The summed E-state index contributed by atoms with van der Waals surface area (Å²) in [5.74, 6) is -1.56. The molecule has 1 heterocycles. The lowest BCUT2D eigenvalue weighted by Gasteiger charge is -2.17. The summed E-state index contributed by atoms with van der Waals surface area (Å²) in [5.41, 5.74) is 1.38. The lowest BCUT2D eigenvalue weighted by molar-refractivity contribution is 0.477. The molecule has 0 radical (unpaired) electrons. The van der Waals surface area contributed by atoms with E-state index in [2.05, 4.69) is 17.3 Å². The number of benzene rings is 1. The number of hydrogen-bond donors (Lipinski definition) is 1. The second kappa shape index (κ2) is 7.31. The molecule has 0 aliphatic rings. The molecule has 0 bridgehead atoms. The van der Waals surface area contributed by atoms with E-state index in [1.807, 2.05) is 17.8 Å². The van der Waals surface area contributed by atoms with Crippen molar-refractivity contribution in [2.75, 3.05) is 6.54 Å². The summed E-state index contributed by atoms with van der Waals surface area (Å²) < 4.78 is 29.0. The van der Waals surface area contributed by atoms with Crippen molar-refractivity contribution in [3.05, 3.63) is 53.4 Å². The lowest BCUT2D eigenvalue weighted by Crippen LogP contribution is -2.24. The Bertz CT molecular complexity index is 581. The fourth-order valence-electron chi connectivity index (χ4n) is 2.28. The Morgan fingerprint density at radius 3 is 2.76 bits per heavy atom. The Hall–Kier alpha value is -1.75. The van der Waals surface area contributed by atoms with E-state index in [0.717, 1.165) is 31.1 Å². The molecule has 0 fully saturated rings. The second-order valence-electron chi connectivity index (χ2n) is 5.05. The molecular weight excluding hydrogens is 272 g/mol. The van der Waals surface area contributed by atoms with Gasteiger partial charge in [-0.1, -0.05) is 19.1 Å². The SMILES string of the molecule is CCCNC(Cc1cccc(F)c1F)c1cnn(CC)c1. The van der Waals surface area contributed by atoms with E-state index in [-0.39, 0.29) is 6.04 Å². The predicted octanol–water partition coefficient (Wildman–Crippen LogP) is 3.46. The van der Waals surface area contributed by atoms with Gasteiger partial charge in [0.25, 0.3) is 0 Å². The van der Waals surface area contributed by atoms with Crippen molar-refractivity contribution >= 4 is 0 Å². The topological polar surface area (TPSA) is 29.9 Å². The summed E-state index contributed by atoms with van der Waals surface area (Å²) in [6, 6.07) is 4.24. The zero-order valence-electron chi connectivity index (χ0n) is 12.4. The van der Waals surface area contributed by atoms with Crippen LogP contribution < -0.4 is 5.32 Å². The number of aryl methyl sites for hydroxylation is 1. The molecule has 2 rings (SSSR count). The smallest absolute Gasteiger partial charge is 0.162 e. The van der Waals surface area contributed by atoms with E-state index >= 15 is 0 Å². The second-order valence-corrected chi connectivity index (χ2v) is 5.05. The van der Waals surface area contributed by atoms with Gasteiger partial charge in [-0.2, -0.15) is 5.10 Å². The van der Waals surface area contributed by atoms with Crippen LogP contribution >= 0.6 is 0 Å². The third kappa shape index (κ3) is 3.88. The maximum Gasteiger partial charge on any atom is 0.162 e. The molecule has 1 aromatic heterocycles. The highest BCUT2D eigenvalue weighted by Gasteiger charge is 2.17. The van der Waals surface area contributed by atoms with E-state index in [0.29, 0.717) is 12.0 Å². The Kier molecular flexibility index (Phi) is 5.44. The normalized spacial score (nSPS) is 12.6. The average Bonchev–Trinajstić information content (AvgIpc) is 2.96. The van der Waals surface area contributed by atoms with E-state index in [4.69, 9.17) is 0 Å². The van der Waals surface area contributed by atoms with Crippen LogP contribution in [0.1, 0.15) is 37.4 Å². The number of hydrogen-bond acceptors (Lipinski definition) is 2. The Balaban J connectivity index is 2.21. The third-order valence-electron chi connectivity index (χ3n) is 3.48. The van der Waals surface area contributed by atoms with Crippen LogP contribution in [0.5, 0.6) is 0 Å². The number of aromatic nitrogens is 2. The summed E-state index contributed by atoms with van der Waals surface area (Å²) in [6.45, 7) is 5.69. The molecule has 1 atom stereocenters. The molecule has 0 amide bonds. The molecular formula is C16H21F2N3. The lowest BCUT2D eigenvalue weighted by atomic mass is 10.0. The number of halogens is 2. The quantitative estimate of drug-likeness (QED) is 0.847. The van der Waals surface area contributed by atoms with Crippen molar-refractivity contribution in [1.82, 2.24) is 15.1 Å². The van der Waals surface area contributed by atoms with Gasteiger partial charge in [-0.3, -0.25) is 4.68 Å². The third-order valence-corrected chi connectivity index (χ3v) is 3.48.